The molecule has 5 nitrogen and oxygen atoms in total. The van der Waals surface area contributed by atoms with E-state index in [0.29, 0.717) is 29.4 Å². The van der Waals surface area contributed by atoms with E-state index in [9.17, 15) is 18.0 Å². The van der Waals surface area contributed by atoms with Gasteiger partial charge in [-0.1, -0.05) is 30.8 Å². The van der Waals surface area contributed by atoms with Crippen molar-refractivity contribution >= 4 is 34.5 Å². The SMILES string of the molecule is CCCOc1ccc(C(F)(F)F)cc1NC(=O)CSc1nc2ccccc2o1. The predicted molar refractivity (Wildman–Crippen MR) is 101 cm³/mol. The monoisotopic (exact) mass is 410 g/mol. The molecule has 0 saturated carbocycles. The van der Waals surface area contributed by atoms with Gasteiger partial charge in [0.2, 0.25) is 5.91 Å². The Hall–Kier alpha value is -2.68. The Bertz CT molecular complexity index is 939. The molecule has 0 aliphatic rings. The minimum Gasteiger partial charge on any atom is -0.491 e. The molecule has 1 aromatic heterocycles. The summed E-state index contributed by atoms with van der Waals surface area (Å²) in [5, 5.41) is 2.79. The maximum atomic E-state index is 13.0. The Kier molecular flexibility index (Phi) is 6.13. The summed E-state index contributed by atoms with van der Waals surface area (Å²) in [6.07, 6.45) is -3.84. The number of ether oxygens (including phenoxy) is 1. The van der Waals surface area contributed by atoms with E-state index in [2.05, 4.69) is 10.3 Å². The Labute approximate surface area is 163 Å². The van der Waals surface area contributed by atoms with Gasteiger partial charge in [-0.15, -0.1) is 0 Å². The summed E-state index contributed by atoms with van der Waals surface area (Å²) >= 11 is 1.05. The van der Waals surface area contributed by atoms with Crippen LogP contribution in [0.25, 0.3) is 11.1 Å². The van der Waals surface area contributed by atoms with E-state index in [0.717, 1.165) is 23.9 Å². The maximum Gasteiger partial charge on any atom is 0.416 e. The van der Waals surface area contributed by atoms with Gasteiger partial charge in [-0.05, 0) is 36.8 Å². The second-order valence-electron chi connectivity index (χ2n) is 5.84. The number of halogens is 3. The van der Waals surface area contributed by atoms with Gasteiger partial charge in [0.05, 0.1) is 23.6 Å². The lowest BCUT2D eigenvalue weighted by atomic mass is 10.1. The van der Waals surface area contributed by atoms with E-state index in [1.165, 1.54) is 6.07 Å². The molecule has 0 spiro atoms. The number of oxazole rings is 1. The second kappa shape index (κ2) is 8.55. The summed E-state index contributed by atoms with van der Waals surface area (Å²) < 4.78 is 49.9. The first kappa shape index (κ1) is 20.1. The summed E-state index contributed by atoms with van der Waals surface area (Å²) in [6.45, 7) is 2.20. The van der Waals surface area contributed by atoms with Gasteiger partial charge in [-0.25, -0.2) is 4.98 Å². The average molecular weight is 410 g/mol. The first-order valence-corrected chi connectivity index (χ1v) is 9.47. The van der Waals surface area contributed by atoms with Gasteiger partial charge in [-0.2, -0.15) is 13.2 Å². The number of hydrogen-bond acceptors (Lipinski definition) is 5. The summed E-state index contributed by atoms with van der Waals surface area (Å²) in [4.78, 5) is 16.5. The lowest BCUT2D eigenvalue weighted by Crippen LogP contribution is -2.16. The summed E-state index contributed by atoms with van der Waals surface area (Å²) in [5.74, 6) is -0.376. The van der Waals surface area contributed by atoms with Crippen molar-refractivity contribution in [2.75, 3.05) is 17.7 Å². The number of rotatable bonds is 7. The topological polar surface area (TPSA) is 64.4 Å². The van der Waals surface area contributed by atoms with Crippen molar-refractivity contribution in [1.29, 1.82) is 0 Å². The number of benzene rings is 2. The first-order chi connectivity index (χ1) is 13.4. The van der Waals surface area contributed by atoms with Gasteiger partial charge in [0.25, 0.3) is 5.22 Å². The third-order valence-electron chi connectivity index (χ3n) is 3.64. The van der Waals surface area contributed by atoms with Crippen LogP contribution in [0.1, 0.15) is 18.9 Å². The fraction of sp³-hybridized carbons (Fsp3) is 0.263. The molecule has 0 aliphatic heterocycles. The number of amides is 1. The standard InChI is InChI=1S/C19H17F3N2O3S/c1-2-9-26-15-8-7-12(19(20,21)22)10-14(15)23-17(25)11-28-18-24-13-5-3-4-6-16(13)27-18/h3-8,10H,2,9,11H2,1H3,(H,23,25). The zero-order valence-corrected chi connectivity index (χ0v) is 15.7. The number of thioether (sulfide) groups is 1. The minimum absolute atomic E-state index is 0.0218. The van der Waals surface area contributed by atoms with E-state index >= 15 is 0 Å². The van der Waals surface area contributed by atoms with Crippen molar-refractivity contribution in [2.45, 2.75) is 24.7 Å². The van der Waals surface area contributed by atoms with Crippen LogP contribution in [0.3, 0.4) is 0 Å². The minimum atomic E-state index is -4.52. The molecule has 3 aromatic rings. The number of alkyl halides is 3. The Morgan fingerprint density at radius 1 is 1.25 bits per heavy atom. The quantitative estimate of drug-likeness (QED) is 0.531. The van der Waals surface area contributed by atoms with E-state index in [4.69, 9.17) is 9.15 Å². The Balaban J connectivity index is 1.70. The van der Waals surface area contributed by atoms with Gasteiger partial charge in [0, 0.05) is 0 Å². The van der Waals surface area contributed by atoms with Crippen LogP contribution in [0.4, 0.5) is 18.9 Å². The molecule has 0 bridgehead atoms. The number of hydrogen-bond donors (Lipinski definition) is 1. The van der Waals surface area contributed by atoms with Crippen molar-refractivity contribution in [3.8, 4) is 5.75 Å². The second-order valence-corrected chi connectivity index (χ2v) is 6.77. The molecule has 9 heteroatoms. The van der Waals surface area contributed by atoms with Crippen molar-refractivity contribution in [3.63, 3.8) is 0 Å². The molecule has 0 radical (unpaired) electrons. The van der Waals surface area contributed by atoms with Gasteiger partial charge in [-0.3, -0.25) is 4.79 Å². The molecule has 0 aliphatic carbocycles. The molecule has 2 aromatic carbocycles. The van der Waals surface area contributed by atoms with Crippen LogP contribution >= 0.6 is 11.8 Å². The van der Waals surface area contributed by atoms with Crippen LogP contribution in [-0.2, 0) is 11.0 Å². The molecule has 0 saturated heterocycles. The van der Waals surface area contributed by atoms with Crippen molar-refractivity contribution in [2.24, 2.45) is 0 Å². The number of aromatic nitrogens is 1. The maximum absolute atomic E-state index is 13.0. The number of fused-ring (bicyclic) bond motifs is 1. The molecule has 0 unspecified atom stereocenters. The van der Waals surface area contributed by atoms with Crippen LogP contribution in [0, 0.1) is 0 Å². The molecule has 1 amide bonds. The van der Waals surface area contributed by atoms with Crippen molar-refractivity contribution in [1.82, 2.24) is 4.98 Å². The molecule has 3 rings (SSSR count). The highest BCUT2D eigenvalue weighted by Crippen LogP contribution is 2.35. The highest BCUT2D eigenvalue weighted by molar-refractivity contribution is 7.99. The van der Waals surface area contributed by atoms with Crippen LogP contribution in [0.5, 0.6) is 5.75 Å². The van der Waals surface area contributed by atoms with Crippen LogP contribution < -0.4 is 10.1 Å². The fourth-order valence-electron chi connectivity index (χ4n) is 2.37. The third-order valence-corrected chi connectivity index (χ3v) is 4.47. The first-order valence-electron chi connectivity index (χ1n) is 8.49. The van der Waals surface area contributed by atoms with Gasteiger partial charge < -0.3 is 14.5 Å². The smallest absolute Gasteiger partial charge is 0.416 e. The average Bonchev–Trinajstić information content (AvgIpc) is 3.07. The van der Waals surface area contributed by atoms with E-state index < -0.39 is 17.6 Å². The number of nitrogens with one attached hydrogen (secondary N) is 1. The molecule has 0 atom stereocenters. The number of nitrogens with zero attached hydrogens (tertiary/aromatic N) is 1. The fourth-order valence-corrected chi connectivity index (χ4v) is 3.01. The molecule has 28 heavy (non-hydrogen) atoms. The number of para-hydroxylation sites is 2. The summed E-state index contributed by atoms with van der Waals surface area (Å²) in [5.41, 5.74) is 0.377. The number of carbonyl (C=O) groups is 1. The van der Waals surface area contributed by atoms with Crippen molar-refractivity contribution in [3.05, 3.63) is 48.0 Å². The molecule has 1 N–H and O–H groups in total. The molecule has 1 heterocycles. The van der Waals surface area contributed by atoms with Crippen LogP contribution in [0.2, 0.25) is 0 Å². The number of carbonyl (C=O) groups excluding carboxylic acids is 1. The highest BCUT2D eigenvalue weighted by Gasteiger charge is 2.31. The van der Waals surface area contributed by atoms with E-state index in [1.54, 1.807) is 18.2 Å². The normalized spacial score (nSPS) is 11.6. The predicted octanol–water partition coefficient (Wildman–Crippen LogP) is 5.37. The van der Waals surface area contributed by atoms with Gasteiger partial charge in [0.1, 0.15) is 11.3 Å². The van der Waals surface area contributed by atoms with Crippen molar-refractivity contribution < 1.29 is 27.1 Å². The molecular formula is C19H17F3N2O3S. The third kappa shape index (κ3) is 4.98. The lowest BCUT2D eigenvalue weighted by molar-refractivity contribution is -0.137. The van der Waals surface area contributed by atoms with E-state index in [1.807, 2.05) is 13.0 Å². The largest absolute Gasteiger partial charge is 0.491 e. The molecule has 148 valence electrons. The Morgan fingerprint density at radius 2 is 2.04 bits per heavy atom. The highest BCUT2D eigenvalue weighted by atomic mass is 32.2. The Morgan fingerprint density at radius 3 is 2.75 bits per heavy atom. The van der Waals surface area contributed by atoms with E-state index in [-0.39, 0.29) is 17.2 Å². The molecule has 0 fully saturated rings. The molecular weight excluding hydrogens is 393 g/mol. The van der Waals surface area contributed by atoms with Crippen LogP contribution in [-0.4, -0.2) is 23.3 Å². The summed E-state index contributed by atoms with van der Waals surface area (Å²) in [6, 6.07) is 10.2. The summed E-state index contributed by atoms with van der Waals surface area (Å²) in [7, 11) is 0. The van der Waals surface area contributed by atoms with Gasteiger partial charge >= 0.3 is 6.18 Å². The zero-order valence-electron chi connectivity index (χ0n) is 14.9. The number of anilines is 1. The lowest BCUT2D eigenvalue weighted by Gasteiger charge is -2.15. The van der Waals surface area contributed by atoms with Gasteiger partial charge in [0.15, 0.2) is 5.58 Å². The zero-order chi connectivity index (χ0) is 20.1. The van der Waals surface area contributed by atoms with Crippen LogP contribution in [0.15, 0.2) is 52.1 Å².